The maximum absolute atomic E-state index is 12.1. The van der Waals surface area contributed by atoms with Crippen molar-refractivity contribution in [2.24, 2.45) is 5.92 Å². The molecule has 0 radical (unpaired) electrons. The molecule has 0 atom stereocenters. The first-order valence-electron chi connectivity index (χ1n) is 6.87. The van der Waals surface area contributed by atoms with Gasteiger partial charge in [-0.2, -0.15) is 0 Å². The van der Waals surface area contributed by atoms with Crippen LogP contribution in [0.1, 0.15) is 36.0 Å². The molecule has 0 bridgehead atoms. The molecule has 6 heteroatoms. The van der Waals surface area contributed by atoms with E-state index in [1.807, 2.05) is 0 Å². The van der Waals surface area contributed by atoms with E-state index < -0.39 is 4.92 Å². The summed E-state index contributed by atoms with van der Waals surface area (Å²) in [6.45, 7) is 0.566. The molecule has 0 aliphatic heterocycles. The normalized spacial score (nSPS) is 13.8. The lowest BCUT2D eigenvalue weighted by molar-refractivity contribution is -0.384. The molecule has 1 fully saturated rings. The Hall–Kier alpha value is -2.11. The fourth-order valence-corrected chi connectivity index (χ4v) is 2.22. The van der Waals surface area contributed by atoms with E-state index in [0.29, 0.717) is 12.2 Å². The molecule has 0 heterocycles. The minimum absolute atomic E-state index is 0.105. The summed E-state index contributed by atoms with van der Waals surface area (Å²) in [6, 6.07) is 4.70. The van der Waals surface area contributed by atoms with Gasteiger partial charge in [-0.25, -0.2) is 0 Å². The topological polar surface area (TPSA) is 84.3 Å². The second-order valence-corrected chi connectivity index (χ2v) is 5.05. The van der Waals surface area contributed by atoms with Crippen molar-refractivity contribution >= 4 is 17.3 Å². The summed E-state index contributed by atoms with van der Waals surface area (Å²) in [5.74, 6) is 0.443. The third-order valence-corrected chi connectivity index (χ3v) is 3.50. The van der Waals surface area contributed by atoms with Crippen molar-refractivity contribution in [2.75, 3.05) is 18.9 Å². The van der Waals surface area contributed by atoms with Gasteiger partial charge < -0.3 is 10.6 Å². The third kappa shape index (κ3) is 3.46. The molecule has 1 aliphatic carbocycles. The first-order chi connectivity index (χ1) is 9.63. The number of nitro benzene ring substituents is 1. The first kappa shape index (κ1) is 14.3. The van der Waals surface area contributed by atoms with E-state index in [2.05, 4.69) is 10.6 Å². The number of amides is 1. The largest absolute Gasteiger partial charge is 0.383 e. The number of nitrogens with one attached hydrogen (secondary N) is 2. The fraction of sp³-hybridized carbons (Fsp3) is 0.500. The van der Waals surface area contributed by atoms with Crippen molar-refractivity contribution in [3.8, 4) is 0 Å². The van der Waals surface area contributed by atoms with Crippen molar-refractivity contribution in [3.63, 3.8) is 0 Å². The van der Waals surface area contributed by atoms with E-state index in [4.69, 9.17) is 0 Å². The van der Waals surface area contributed by atoms with Gasteiger partial charge in [0.25, 0.3) is 5.91 Å². The first-order valence-corrected chi connectivity index (χ1v) is 6.87. The molecule has 108 valence electrons. The highest BCUT2D eigenvalue weighted by atomic mass is 16.6. The van der Waals surface area contributed by atoms with Gasteiger partial charge in [0.2, 0.25) is 0 Å². The second-order valence-electron chi connectivity index (χ2n) is 5.05. The highest BCUT2D eigenvalue weighted by Gasteiger charge is 2.24. The number of nitrogens with zero attached hydrogens (tertiary/aromatic N) is 1. The highest BCUT2D eigenvalue weighted by molar-refractivity contribution is 6.00. The number of anilines is 1. The summed E-state index contributed by atoms with van der Waals surface area (Å²) in [7, 11) is 1.60. The van der Waals surface area contributed by atoms with Crippen LogP contribution in [-0.4, -0.2) is 24.4 Å². The maximum atomic E-state index is 12.1. The average molecular weight is 277 g/mol. The van der Waals surface area contributed by atoms with Gasteiger partial charge in [-0.3, -0.25) is 14.9 Å². The van der Waals surface area contributed by atoms with Crippen LogP contribution in [0.25, 0.3) is 0 Å². The van der Waals surface area contributed by atoms with Crippen LogP contribution in [-0.2, 0) is 0 Å². The van der Waals surface area contributed by atoms with Crippen LogP contribution in [0.3, 0.4) is 0 Å². The number of carbonyl (C=O) groups excluding carboxylic acids is 1. The van der Waals surface area contributed by atoms with E-state index in [-0.39, 0.29) is 17.2 Å². The molecule has 6 nitrogen and oxygen atoms in total. The minimum Gasteiger partial charge on any atom is -0.383 e. The Balaban J connectivity index is 2.01. The number of hydrogen-bond donors (Lipinski definition) is 2. The van der Waals surface area contributed by atoms with E-state index in [1.54, 1.807) is 19.2 Å². The van der Waals surface area contributed by atoms with Crippen LogP contribution in [0.2, 0.25) is 0 Å². The molecule has 0 unspecified atom stereocenters. The molecule has 1 amide bonds. The molecule has 0 aromatic heterocycles. The van der Waals surface area contributed by atoms with Gasteiger partial charge in [0.05, 0.1) is 4.92 Å². The van der Waals surface area contributed by atoms with E-state index in [1.165, 1.54) is 18.9 Å². The predicted octanol–water partition coefficient (Wildman–Crippen LogP) is 2.56. The summed E-state index contributed by atoms with van der Waals surface area (Å²) in [5.41, 5.74) is 0.281. The van der Waals surface area contributed by atoms with Crippen LogP contribution in [0.4, 0.5) is 11.4 Å². The number of nitro groups is 1. The second kappa shape index (κ2) is 6.36. The Bertz CT molecular complexity index is 512. The molecule has 0 saturated heterocycles. The third-order valence-electron chi connectivity index (χ3n) is 3.50. The van der Waals surface area contributed by atoms with Crippen molar-refractivity contribution in [1.82, 2.24) is 5.32 Å². The van der Waals surface area contributed by atoms with Crippen LogP contribution < -0.4 is 10.6 Å². The fourth-order valence-electron chi connectivity index (χ4n) is 2.22. The summed E-state index contributed by atoms with van der Waals surface area (Å²) in [4.78, 5) is 22.7. The molecule has 1 saturated carbocycles. The highest BCUT2D eigenvalue weighted by Crippen LogP contribution is 2.33. The summed E-state index contributed by atoms with van der Waals surface area (Å²) >= 11 is 0. The zero-order valence-corrected chi connectivity index (χ0v) is 11.5. The van der Waals surface area contributed by atoms with Crippen LogP contribution in [0, 0.1) is 16.0 Å². The average Bonchev–Trinajstić information content (AvgIpc) is 3.26. The van der Waals surface area contributed by atoms with Crippen molar-refractivity contribution in [2.45, 2.75) is 25.7 Å². The van der Waals surface area contributed by atoms with Gasteiger partial charge in [0.1, 0.15) is 11.3 Å². The SMILES string of the molecule is CNc1cccc(C(=O)NCCCC2CC2)c1[N+](=O)[O-]. The molecule has 2 N–H and O–H groups in total. The summed E-state index contributed by atoms with van der Waals surface area (Å²) in [6.07, 6.45) is 4.64. The summed E-state index contributed by atoms with van der Waals surface area (Å²) in [5, 5.41) is 16.6. The predicted molar refractivity (Wildman–Crippen MR) is 76.9 cm³/mol. The quantitative estimate of drug-likeness (QED) is 0.455. The number of para-hydroxylation sites is 1. The van der Waals surface area contributed by atoms with Gasteiger partial charge in [0.15, 0.2) is 0 Å². The van der Waals surface area contributed by atoms with Crippen LogP contribution in [0.15, 0.2) is 18.2 Å². The summed E-state index contributed by atoms with van der Waals surface area (Å²) < 4.78 is 0. The van der Waals surface area contributed by atoms with Gasteiger partial charge in [-0.05, 0) is 30.9 Å². The Morgan fingerprint density at radius 1 is 1.45 bits per heavy atom. The Labute approximate surface area is 117 Å². The van der Waals surface area contributed by atoms with E-state index >= 15 is 0 Å². The van der Waals surface area contributed by atoms with Crippen LogP contribution in [0.5, 0.6) is 0 Å². The molecule has 1 aromatic rings. The minimum atomic E-state index is -0.523. The Kier molecular flexibility index (Phi) is 4.55. The Morgan fingerprint density at radius 3 is 2.80 bits per heavy atom. The lowest BCUT2D eigenvalue weighted by atomic mass is 10.1. The lowest BCUT2D eigenvalue weighted by Crippen LogP contribution is -2.25. The zero-order valence-electron chi connectivity index (χ0n) is 11.5. The molecule has 1 aromatic carbocycles. The van der Waals surface area contributed by atoms with Gasteiger partial charge in [-0.15, -0.1) is 0 Å². The molecular formula is C14H19N3O3. The molecule has 1 aliphatic rings. The lowest BCUT2D eigenvalue weighted by Gasteiger charge is -2.08. The van der Waals surface area contributed by atoms with Gasteiger partial charge in [-0.1, -0.05) is 18.9 Å². The number of benzene rings is 1. The molecule has 20 heavy (non-hydrogen) atoms. The number of hydrogen-bond acceptors (Lipinski definition) is 4. The van der Waals surface area contributed by atoms with E-state index in [9.17, 15) is 14.9 Å². The maximum Gasteiger partial charge on any atom is 0.305 e. The van der Waals surface area contributed by atoms with Gasteiger partial charge >= 0.3 is 5.69 Å². The number of carbonyl (C=O) groups is 1. The number of rotatable bonds is 7. The Morgan fingerprint density at radius 2 is 2.20 bits per heavy atom. The standard InChI is InChI=1S/C14H19N3O3/c1-15-12-6-2-5-11(13(12)17(19)20)14(18)16-9-3-4-10-7-8-10/h2,5-6,10,15H,3-4,7-9H2,1H3,(H,16,18). The van der Waals surface area contributed by atoms with E-state index in [0.717, 1.165) is 18.8 Å². The van der Waals surface area contributed by atoms with Crippen molar-refractivity contribution in [1.29, 1.82) is 0 Å². The monoisotopic (exact) mass is 277 g/mol. The molecular weight excluding hydrogens is 258 g/mol. The molecule has 0 spiro atoms. The van der Waals surface area contributed by atoms with Crippen LogP contribution >= 0.6 is 0 Å². The molecule has 2 rings (SSSR count). The smallest absolute Gasteiger partial charge is 0.305 e. The van der Waals surface area contributed by atoms with Crippen molar-refractivity contribution in [3.05, 3.63) is 33.9 Å². The zero-order chi connectivity index (χ0) is 14.5. The van der Waals surface area contributed by atoms with Gasteiger partial charge in [0, 0.05) is 13.6 Å². The van der Waals surface area contributed by atoms with Crippen molar-refractivity contribution < 1.29 is 9.72 Å².